The van der Waals surface area contributed by atoms with Crippen LogP contribution in [0.25, 0.3) is 0 Å². The largest absolute Gasteiger partial charge is 0.337 e. The molecule has 1 saturated heterocycles. The second kappa shape index (κ2) is 6.16. The molecule has 7 heteroatoms. The summed E-state index contributed by atoms with van der Waals surface area (Å²) in [5.74, 6) is 1.56. The molecule has 0 aromatic carbocycles. The maximum Gasteiger partial charge on any atom is 0.249 e. The van der Waals surface area contributed by atoms with Crippen LogP contribution in [0.1, 0.15) is 61.1 Å². The van der Waals surface area contributed by atoms with E-state index in [-0.39, 0.29) is 17.9 Å². The molecule has 0 radical (unpaired) electrons. The molecule has 1 aliphatic rings. The highest BCUT2D eigenvalue weighted by Gasteiger charge is 2.34. The minimum atomic E-state index is -0.0905. The number of carbonyl (C=O) groups excluding carboxylic acids is 1. The van der Waals surface area contributed by atoms with Crippen molar-refractivity contribution in [2.75, 3.05) is 6.54 Å². The van der Waals surface area contributed by atoms with Crippen LogP contribution in [0.2, 0.25) is 0 Å². The first kappa shape index (κ1) is 15.1. The van der Waals surface area contributed by atoms with E-state index in [1.807, 2.05) is 31.1 Å². The van der Waals surface area contributed by atoms with Crippen molar-refractivity contribution in [2.45, 2.75) is 52.0 Å². The Kier molecular flexibility index (Phi) is 4.24. The molecule has 118 valence electrons. The van der Waals surface area contributed by atoms with Gasteiger partial charge in [0.05, 0.1) is 17.1 Å². The third-order valence-electron chi connectivity index (χ3n) is 3.83. The average molecular weight is 320 g/mol. The van der Waals surface area contributed by atoms with Crippen molar-refractivity contribution in [1.29, 1.82) is 0 Å². The lowest BCUT2D eigenvalue weighted by atomic mass is 10.2. The van der Waals surface area contributed by atoms with Crippen LogP contribution < -0.4 is 0 Å². The topological polar surface area (TPSA) is 72.1 Å². The van der Waals surface area contributed by atoms with Crippen LogP contribution in [-0.4, -0.2) is 32.5 Å². The Morgan fingerprint density at radius 2 is 2.32 bits per heavy atom. The quantitative estimate of drug-likeness (QED) is 0.866. The minimum absolute atomic E-state index is 0.0806. The van der Waals surface area contributed by atoms with Gasteiger partial charge < -0.3 is 9.42 Å². The highest BCUT2D eigenvalue weighted by molar-refractivity contribution is 7.09. The van der Waals surface area contributed by atoms with Gasteiger partial charge in [-0.25, -0.2) is 4.98 Å². The summed E-state index contributed by atoms with van der Waals surface area (Å²) in [6, 6.07) is -0.0905. The summed E-state index contributed by atoms with van der Waals surface area (Å²) in [7, 11) is 0. The van der Waals surface area contributed by atoms with Gasteiger partial charge in [-0.05, 0) is 19.8 Å². The number of carbonyl (C=O) groups is 1. The van der Waals surface area contributed by atoms with Crippen LogP contribution in [0, 0.1) is 6.92 Å². The smallest absolute Gasteiger partial charge is 0.249 e. The van der Waals surface area contributed by atoms with E-state index in [1.165, 1.54) is 0 Å². The molecular weight excluding hydrogens is 300 g/mol. The molecule has 3 rings (SSSR count). The molecule has 0 spiro atoms. The van der Waals surface area contributed by atoms with Gasteiger partial charge in [0.25, 0.3) is 0 Å². The standard InChI is InChI=1S/C15H20N4O2S/c1-9(2)14-17-15(21-18-14)12-5-4-6-19(12)13(20)7-11-8-22-10(3)16-11/h8-9,12H,4-7H2,1-3H3/t12-/m1/s1. The van der Waals surface area contributed by atoms with Gasteiger partial charge in [0.15, 0.2) is 5.82 Å². The van der Waals surface area contributed by atoms with Gasteiger partial charge in [-0.15, -0.1) is 11.3 Å². The Labute approximate surface area is 133 Å². The summed E-state index contributed by atoms with van der Waals surface area (Å²) in [4.78, 5) is 23.2. The summed E-state index contributed by atoms with van der Waals surface area (Å²) in [5.41, 5.74) is 0.839. The third-order valence-corrected chi connectivity index (χ3v) is 4.65. The Bertz CT molecular complexity index is 664. The second-order valence-electron chi connectivity index (χ2n) is 5.93. The molecule has 0 bridgehead atoms. The summed E-state index contributed by atoms with van der Waals surface area (Å²) in [5, 5.41) is 6.94. The SMILES string of the molecule is Cc1nc(CC(=O)N2CCC[C@@H]2c2nc(C(C)C)no2)cs1. The fourth-order valence-electron chi connectivity index (χ4n) is 2.68. The van der Waals surface area contributed by atoms with E-state index < -0.39 is 0 Å². The Morgan fingerprint density at radius 3 is 2.95 bits per heavy atom. The van der Waals surface area contributed by atoms with E-state index in [9.17, 15) is 4.79 Å². The van der Waals surface area contributed by atoms with Gasteiger partial charge in [0.2, 0.25) is 11.8 Å². The minimum Gasteiger partial charge on any atom is -0.337 e. The molecule has 22 heavy (non-hydrogen) atoms. The molecule has 0 aliphatic carbocycles. The van der Waals surface area contributed by atoms with Crippen LogP contribution in [0.4, 0.5) is 0 Å². The average Bonchev–Trinajstić information content (AvgIpc) is 3.16. The van der Waals surface area contributed by atoms with Crippen molar-refractivity contribution in [3.05, 3.63) is 27.8 Å². The lowest BCUT2D eigenvalue weighted by Gasteiger charge is -2.21. The third kappa shape index (κ3) is 3.04. The highest BCUT2D eigenvalue weighted by atomic mass is 32.1. The van der Waals surface area contributed by atoms with Crippen molar-refractivity contribution in [1.82, 2.24) is 20.0 Å². The number of rotatable bonds is 4. The molecule has 2 aromatic heterocycles. The lowest BCUT2D eigenvalue weighted by Crippen LogP contribution is -2.32. The fourth-order valence-corrected chi connectivity index (χ4v) is 3.30. The monoisotopic (exact) mass is 320 g/mol. The first-order valence-electron chi connectivity index (χ1n) is 7.58. The summed E-state index contributed by atoms with van der Waals surface area (Å²) < 4.78 is 5.38. The number of amides is 1. The van der Waals surface area contributed by atoms with Gasteiger partial charge in [0.1, 0.15) is 6.04 Å². The molecule has 2 aromatic rings. The number of thiazole rings is 1. The summed E-state index contributed by atoms with van der Waals surface area (Å²) in [6.45, 7) is 6.74. The predicted molar refractivity (Wildman–Crippen MR) is 82.6 cm³/mol. The maximum absolute atomic E-state index is 12.5. The van der Waals surface area contributed by atoms with Crippen LogP contribution in [0.15, 0.2) is 9.90 Å². The molecule has 0 saturated carbocycles. The van der Waals surface area contributed by atoms with Crippen molar-refractivity contribution in [2.24, 2.45) is 0 Å². The van der Waals surface area contributed by atoms with Crippen molar-refractivity contribution < 1.29 is 9.32 Å². The van der Waals surface area contributed by atoms with Crippen LogP contribution in [-0.2, 0) is 11.2 Å². The summed E-state index contributed by atoms with van der Waals surface area (Å²) in [6.07, 6.45) is 2.18. The zero-order valence-electron chi connectivity index (χ0n) is 13.1. The number of aromatic nitrogens is 3. The van der Waals surface area contributed by atoms with E-state index in [4.69, 9.17) is 4.52 Å². The molecule has 0 N–H and O–H groups in total. The van der Waals surface area contributed by atoms with Crippen LogP contribution >= 0.6 is 11.3 Å². The number of likely N-dealkylation sites (tertiary alicyclic amines) is 1. The van der Waals surface area contributed by atoms with Crippen LogP contribution in [0.5, 0.6) is 0 Å². The van der Waals surface area contributed by atoms with E-state index >= 15 is 0 Å². The number of hydrogen-bond acceptors (Lipinski definition) is 6. The van der Waals surface area contributed by atoms with Gasteiger partial charge in [-0.3, -0.25) is 4.79 Å². The van der Waals surface area contributed by atoms with Crippen molar-refractivity contribution in [3.63, 3.8) is 0 Å². The number of nitrogens with zero attached hydrogens (tertiary/aromatic N) is 4. The second-order valence-corrected chi connectivity index (χ2v) is 6.99. The Hall–Kier alpha value is -1.76. The molecule has 1 atom stereocenters. The Morgan fingerprint density at radius 1 is 1.50 bits per heavy atom. The fraction of sp³-hybridized carbons (Fsp3) is 0.600. The zero-order chi connectivity index (χ0) is 15.7. The predicted octanol–water partition coefficient (Wildman–Crippen LogP) is 2.86. The molecule has 3 heterocycles. The number of aryl methyl sites for hydroxylation is 1. The van der Waals surface area contributed by atoms with Crippen molar-refractivity contribution >= 4 is 17.2 Å². The molecule has 1 amide bonds. The number of hydrogen-bond donors (Lipinski definition) is 0. The summed E-state index contributed by atoms with van der Waals surface area (Å²) >= 11 is 1.57. The normalized spacial score (nSPS) is 18.4. The molecule has 1 aliphatic heterocycles. The van der Waals surface area contributed by atoms with Gasteiger partial charge in [-0.1, -0.05) is 19.0 Å². The molecule has 1 fully saturated rings. The maximum atomic E-state index is 12.5. The highest BCUT2D eigenvalue weighted by Crippen LogP contribution is 2.32. The molecular formula is C15H20N4O2S. The zero-order valence-corrected chi connectivity index (χ0v) is 13.9. The van der Waals surface area contributed by atoms with E-state index in [2.05, 4.69) is 15.1 Å². The van der Waals surface area contributed by atoms with Crippen LogP contribution in [0.3, 0.4) is 0 Å². The van der Waals surface area contributed by atoms with Gasteiger partial charge in [0, 0.05) is 17.8 Å². The molecule has 0 unspecified atom stereocenters. The Balaban J connectivity index is 1.73. The molecule has 6 nitrogen and oxygen atoms in total. The lowest BCUT2D eigenvalue weighted by molar-refractivity contribution is -0.131. The first-order chi connectivity index (χ1) is 10.5. The van der Waals surface area contributed by atoms with E-state index in [0.717, 1.165) is 30.1 Å². The van der Waals surface area contributed by atoms with Gasteiger partial charge in [-0.2, -0.15) is 4.98 Å². The van der Waals surface area contributed by atoms with Crippen molar-refractivity contribution in [3.8, 4) is 0 Å². The van der Waals surface area contributed by atoms with Gasteiger partial charge >= 0.3 is 0 Å². The van der Waals surface area contributed by atoms with E-state index in [0.29, 0.717) is 18.1 Å². The van der Waals surface area contributed by atoms with E-state index in [1.54, 1.807) is 11.3 Å². The first-order valence-corrected chi connectivity index (χ1v) is 8.46.